The van der Waals surface area contributed by atoms with Crippen molar-refractivity contribution in [2.75, 3.05) is 20.1 Å². The zero-order valence-electron chi connectivity index (χ0n) is 21.9. The molecule has 2 aromatic carbocycles. The van der Waals surface area contributed by atoms with Gasteiger partial charge in [-0.2, -0.15) is 0 Å². The maximum absolute atomic E-state index is 13.2. The summed E-state index contributed by atoms with van der Waals surface area (Å²) in [7, 11) is 2.14. The molecule has 1 aliphatic carbocycles. The van der Waals surface area contributed by atoms with Gasteiger partial charge in [0.15, 0.2) is 0 Å². The van der Waals surface area contributed by atoms with Crippen LogP contribution < -0.4 is 15.4 Å². The average molecular weight is 503 g/mol. The number of carbonyl (C=O) groups excluding carboxylic acids is 2. The van der Waals surface area contributed by atoms with Gasteiger partial charge in [0.25, 0.3) is 5.91 Å². The molecular weight excluding hydrogens is 464 g/mol. The Balaban J connectivity index is 1.18. The van der Waals surface area contributed by atoms with Gasteiger partial charge in [0.05, 0.1) is 0 Å². The van der Waals surface area contributed by atoms with Crippen molar-refractivity contribution in [3.05, 3.63) is 65.4 Å². The number of likely N-dealkylation sites (tertiary alicyclic amines) is 1. The lowest BCUT2D eigenvalue weighted by Crippen LogP contribution is -2.46. The Morgan fingerprint density at radius 1 is 1.05 bits per heavy atom. The van der Waals surface area contributed by atoms with Crippen molar-refractivity contribution in [2.24, 2.45) is 5.92 Å². The summed E-state index contributed by atoms with van der Waals surface area (Å²) in [6.45, 7) is 4.47. The maximum Gasteiger partial charge on any atom is 0.268 e. The van der Waals surface area contributed by atoms with Gasteiger partial charge in [0, 0.05) is 30.5 Å². The highest BCUT2D eigenvalue weighted by Gasteiger charge is 2.28. The van der Waals surface area contributed by atoms with Crippen LogP contribution in [0.25, 0.3) is 10.9 Å². The van der Waals surface area contributed by atoms with E-state index in [1.807, 2.05) is 55.5 Å². The van der Waals surface area contributed by atoms with Gasteiger partial charge in [-0.3, -0.25) is 9.59 Å². The zero-order valence-corrected chi connectivity index (χ0v) is 21.9. The quantitative estimate of drug-likeness (QED) is 0.380. The highest BCUT2D eigenvalue weighted by molar-refractivity contribution is 6.02. The number of para-hydroxylation sites is 1. The summed E-state index contributed by atoms with van der Waals surface area (Å²) in [4.78, 5) is 31.9. The molecule has 0 unspecified atom stereocenters. The van der Waals surface area contributed by atoms with Crippen LogP contribution in [0.15, 0.2) is 48.5 Å². The molecule has 0 bridgehead atoms. The van der Waals surface area contributed by atoms with Crippen LogP contribution in [0.4, 0.5) is 0 Å². The van der Waals surface area contributed by atoms with E-state index >= 15 is 0 Å². The van der Waals surface area contributed by atoms with Crippen LogP contribution in [0.1, 0.15) is 60.1 Å². The number of ether oxygens (including phenoxy) is 1. The van der Waals surface area contributed by atoms with E-state index in [1.54, 1.807) is 0 Å². The largest absolute Gasteiger partial charge is 0.490 e. The fraction of sp³-hybridized carbons (Fsp3) is 0.467. The number of benzene rings is 2. The number of nitrogens with one attached hydrogen (secondary N) is 3. The molecule has 2 aliphatic rings. The van der Waals surface area contributed by atoms with Crippen molar-refractivity contribution >= 4 is 22.7 Å². The molecule has 3 N–H and O–H groups in total. The number of piperidine rings is 1. The van der Waals surface area contributed by atoms with Crippen molar-refractivity contribution in [3.63, 3.8) is 0 Å². The summed E-state index contributed by atoms with van der Waals surface area (Å²) in [6, 6.07) is 15.2. The van der Waals surface area contributed by atoms with E-state index in [0.717, 1.165) is 60.1 Å². The van der Waals surface area contributed by atoms with Crippen LogP contribution in [-0.4, -0.2) is 54.0 Å². The molecular formula is C30H38N4O3. The molecule has 1 aromatic heterocycles. The molecule has 37 heavy (non-hydrogen) atoms. The van der Waals surface area contributed by atoms with Crippen molar-refractivity contribution in [1.82, 2.24) is 20.5 Å². The van der Waals surface area contributed by atoms with E-state index in [9.17, 15) is 9.59 Å². The van der Waals surface area contributed by atoms with E-state index in [0.29, 0.717) is 24.6 Å². The fourth-order valence-corrected chi connectivity index (χ4v) is 5.11. The normalized spacial score (nSPS) is 17.5. The smallest absolute Gasteiger partial charge is 0.268 e. The molecule has 0 radical (unpaired) electrons. The predicted molar refractivity (Wildman–Crippen MR) is 146 cm³/mol. The van der Waals surface area contributed by atoms with E-state index in [4.69, 9.17) is 4.74 Å². The third kappa shape index (κ3) is 6.52. The molecule has 7 nitrogen and oxygen atoms in total. The highest BCUT2D eigenvalue weighted by atomic mass is 16.5. The summed E-state index contributed by atoms with van der Waals surface area (Å²) in [5.74, 6) is 1.17. The average Bonchev–Trinajstić information content (AvgIpc) is 3.68. The molecule has 1 atom stereocenters. The number of amides is 2. The molecule has 5 rings (SSSR count). The van der Waals surface area contributed by atoms with Crippen LogP contribution in [0, 0.1) is 12.8 Å². The lowest BCUT2D eigenvalue weighted by atomic mass is 10.1. The minimum atomic E-state index is -0.564. The predicted octanol–water partition coefficient (Wildman–Crippen LogP) is 4.55. The summed E-state index contributed by atoms with van der Waals surface area (Å²) >= 11 is 0. The van der Waals surface area contributed by atoms with E-state index in [-0.39, 0.29) is 17.9 Å². The third-order valence-corrected chi connectivity index (χ3v) is 7.73. The van der Waals surface area contributed by atoms with Crippen LogP contribution in [-0.2, 0) is 11.3 Å². The van der Waals surface area contributed by atoms with Gasteiger partial charge in [-0.05, 0) is 74.9 Å². The zero-order chi connectivity index (χ0) is 25.8. The number of hydrogen-bond acceptors (Lipinski definition) is 4. The SMILES string of the molecule is Cc1c(C(=O)N[C@@H](CCC2CC2)C(=O)NCc2ccc(OC3CCN(C)CC3)cc2)[nH]c2ccccc12. The van der Waals surface area contributed by atoms with Crippen LogP contribution in [0.3, 0.4) is 0 Å². The number of aromatic amines is 1. The molecule has 1 aliphatic heterocycles. The number of carbonyl (C=O) groups is 2. The summed E-state index contributed by atoms with van der Waals surface area (Å²) < 4.78 is 6.14. The van der Waals surface area contributed by atoms with Gasteiger partial charge in [0.1, 0.15) is 23.6 Å². The summed E-state index contributed by atoms with van der Waals surface area (Å²) in [5, 5.41) is 7.07. The molecule has 196 valence electrons. The molecule has 7 heteroatoms. The third-order valence-electron chi connectivity index (χ3n) is 7.73. The van der Waals surface area contributed by atoms with Gasteiger partial charge in [0.2, 0.25) is 5.91 Å². The van der Waals surface area contributed by atoms with Gasteiger partial charge in [-0.25, -0.2) is 0 Å². The number of aromatic nitrogens is 1. The van der Waals surface area contributed by atoms with E-state index in [2.05, 4.69) is 27.6 Å². The lowest BCUT2D eigenvalue weighted by molar-refractivity contribution is -0.123. The molecule has 2 amide bonds. The maximum atomic E-state index is 13.2. The van der Waals surface area contributed by atoms with Crippen molar-refractivity contribution in [1.29, 1.82) is 0 Å². The van der Waals surface area contributed by atoms with Crippen LogP contribution in [0.2, 0.25) is 0 Å². The number of H-pyrrole nitrogens is 1. The summed E-state index contributed by atoms with van der Waals surface area (Å²) in [5.41, 5.74) is 3.35. The minimum Gasteiger partial charge on any atom is -0.490 e. The number of hydrogen-bond donors (Lipinski definition) is 3. The lowest BCUT2D eigenvalue weighted by Gasteiger charge is -2.29. The Morgan fingerprint density at radius 2 is 1.78 bits per heavy atom. The molecule has 1 saturated carbocycles. The highest BCUT2D eigenvalue weighted by Crippen LogP contribution is 2.34. The van der Waals surface area contributed by atoms with E-state index in [1.165, 1.54) is 12.8 Å². The van der Waals surface area contributed by atoms with Crippen LogP contribution >= 0.6 is 0 Å². The minimum absolute atomic E-state index is 0.144. The van der Waals surface area contributed by atoms with Crippen molar-refractivity contribution in [3.8, 4) is 5.75 Å². The number of fused-ring (bicyclic) bond motifs is 1. The Bertz CT molecular complexity index is 1220. The standard InChI is InChI=1S/C30H38N4O3/c1-20-25-5-3-4-6-26(25)32-28(20)30(36)33-27(14-11-21-7-8-21)29(35)31-19-22-9-12-23(13-10-22)37-24-15-17-34(2)18-16-24/h3-6,9-10,12-13,21,24,27,32H,7-8,11,14-19H2,1-2H3,(H,31,35)(H,33,36)/t27-/m0/s1. The Hall–Kier alpha value is -3.32. The van der Waals surface area contributed by atoms with Crippen molar-refractivity contribution < 1.29 is 14.3 Å². The first-order valence-electron chi connectivity index (χ1n) is 13.6. The molecule has 2 heterocycles. The topological polar surface area (TPSA) is 86.5 Å². The van der Waals surface area contributed by atoms with Gasteiger partial charge in [-0.1, -0.05) is 43.2 Å². The second-order valence-electron chi connectivity index (χ2n) is 10.7. The first kappa shape index (κ1) is 25.3. The Labute approximate surface area is 219 Å². The van der Waals surface area contributed by atoms with Gasteiger partial charge < -0.3 is 25.3 Å². The molecule has 3 aromatic rings. The molecule has 2 fully saturated rings. The number of rotatable bonds is 10. The molecule has 0 spiro atoms. The second kappa shape index (κ2) is 11.4. The van der Waals surface area contributed by atoms with E-state index < -0.39 is 6.04 Å². The summed E-state index contributed by atoms with van der Waals surface area (Å²) in [6.07, 6.45) is 6.38. The Kier molecular flexibility index (Phi) is 7.79. The Morgan fingerprint density at radius 3 is 2.49 bits per heavy atom. The first-order chi connectivity index (χ1) is 18.0. The monoisotopic (exact) mass is 502 g/mol. The fourth-order valence-electron chi connectivity index (χ4n) is 5.11. The number of aryl methyl sites for hydroxylation is 1. The van der Waals surface area contributed by atoms with Gasteiger partial charge in [-0.15, -0.1) is 0 Å². The van der Waals surface area contributed by atoms with Crippen LogP contribution in [0.5, 0.6) is 5.75 Å². The van der Waals surface area contributed by atoms with Crippen molar-refractivity contribution in [2.45, 2.75) is 64.1 Å². The number of nitrogens with zero attached hydrogens (tertiary/aromatic N) is 1. The molecule has 1 saturated heterocycles. The first-order valence-corrected chi connectivity index (χ1v) is 13.6. The van der Waals surface area contributed by atoms with Gasteiger partial charge >= 0.3 is 0 Å². The second-order valence-corrected chi connectivity index (χ2v) is 10.7.